The summed E-state index contributed by atoms with van der Waals surface area (Å²) in [5.41, 5.74) is -0.232. The van der Waals surface area contributed by atoms with Gasteiger partial charge in [-0.05, 0) is 12.0 Å². The van der Waals surface area contributed by atoms with Crippen LogP contribution in [0, 0.1) is 5.92 Å². The number of rotatable bonds is 4. The van der Waals surface area contributed by atoms with Gasteiger partial charge in [-0.2, -0.15) is 5.10 Å². The highest BCUT2D eigenvalue weighted by Gasteiger charge is 2.06. The Kier molecular flexibility index (Phi) is 3.56. The molecular formula is C10H14N2O2. The average molecular weight is 194 g/mol. The smallest absolute Gasteiger partial charge is 0.267 e. The van der Waals surface area contributed by atoms with Crippen molar-refractivity contribution in [1.82, 2.24) is 9.78 Å². The molecule has 0 fully saturated rings. The lowest BCUT2D eigenvalue weighted by Gasteiger charge is -2.04. The molecule has 0 unspecified atom stereocenters. The summed E-state index contributed by atoms with van der Waals surface area (Å²) >= 11 is 0. The first-order valence-electron chi connectivity index (χ1n) is 4.63. The van der Waals surface area contributed by atoms with Crippen LogP contribution in [0.15, 0.2) is 23.1 Å². The maximum atomic E-state index is 11.4. The number of nitrogens with zero attached hydrogens (tertiary/aromatic N) is 2. The van der Waals surface area contributed by atoms with Crippen molar-refractivity contribution >= 4 is 5.78 Å². The van der Waals surface area contributed by atoms with Crippen molar-refractivity contribution in [3.8, 4) is 0 Å². The van der Waals surface area contributed by atoms with E-state index in [1.807, 2.05) is 13.8 Å². The van der Waals surface area contributed by atoms with E-state index in [1.54, 1.807) is 6.07 Å². The molecule has 0 N–H and O–H groups in total. The Morgan fingerprint density at radius 2 is 2.29 bits per heavy atom. The molecule has 0 aliphatic heterocycles. The van der Waals surface area contributed by atoms with E-state index in [0.717, 1.165) is 0 Å². The van der Waals surface area contributed by atoms with Crippen molar-refractivity contribution in [2.24, 2.45) is 5.92 Å². The number of carbonyl (C=O) groups is 1. The first-order valence-corrected chi connectivity index (χ1v) is 4.63. The SMILES string of the molecule is CC(C)CC(=O)Cn1ncccc1=O. The second kappa shape index (κ2) is 4.69. The molecule has 14 heavy (non-hydrogen) atoms. The third-order valence-corrected chi connectivity index (χ3v) is 1.75. The quantitative estimate of drug-likeness (QED) is 0.714. The largest absolute Gasteiger partial charge is 0.298 e. The monoisotopic (exact) mass is 194 g/mol. The van der Waals surface area contributed by atoms with Gasteiger partial charge in [0.15, 0.2) is 5.78 Å². The van der Waals surface area contributed by atoms with Gasteiger partial charge >= 0.3 is 0 Å². The van der Waals surface area contributed by atoms with Gasteiger partial charge in [0.2, 0.25) is 0 Å². The molecule has 1 aromatic heterocycles. The van der Waals surface area contributed by atoms with Gasteiger partial charge in [0.05, 0.1) is 0 Å². The molecule has 0 aliphatic carbocycles. The Morgan fingerprint density at radius 3 is 2.86 bits per heavy atom. The first-order chi connectivity index (χ1) is 6.59. The molecule has 76 valence electrons. The summed E-state index contributed by atoms with van der Waals surface area (Å²) in [6.45, 7) is 4.02. The minimum absolute atomic E-state index is 0.0424. The summed E-state index contributed by atoms with van der Waals surface area (Å²) in [6.07, 6.45) is 1.99. The molecule has 1 rings (SSSR count). The second-order valence-corrected chi connectivity index (χ2v) is 3.66. The van der Waals surface area contributed by atoms with Crippen LogP contribution in [-0.4, -0.2) is 15.6 Å². The van der Waals surface area contributed by atoms with Crippen LogP contribution in [0.5, 0.6) is 0 Å². The van der Waals surface area contributed by atoms with Crippen molar-refractivity contribution < 1.29 is 4.79 Å². The van der Waals surface area contributed by atoms with Gasteiger partial charge in [0.25, 0.3) is 5.56 Å². The van der Waals surface area contributed by atoms with E-state index >= 15 is 0 Å². The molecule has 0 amide bonds. The standard InChI is InChI=1S/C10H14N2O2/c1-8(2)6-9(13)7-12-10(14)4-3-5-11-12/h3-5,8H,6-7H2,1-2H3. The molecule has 0 aromatic carbocycles. The number of aromatic nitrogens is 2. The fraction of sp³-hybridized carbons (Fsp3) is 0.500. The fourth-order valence-corrected chi connectivity index (χ4v) is 1.19. The van der Waals surface area contributed by atoms with Crippen molar-refractivity contribution in [1.29, 1.82) is 0 Å². The molecule has 4 heteroatoms. The van der Waals surface area contributed by atoms with E-state index in [0.29, 0.717) is 12.3 Å². The van der Waals surface area contributed by atoms with Crippen molar-refractivity contribution in [2.75, 3.05) is 0 Å². The van der Waals surface area contributed by atoms with E-state index in [4.69, 9.17) is 0 Å². The molecule has 0 saturated heterocycles. The van der Waals surface area contributed by atoms with Crippen LogP contribution in [-0.2, 0) is 11.3 Å². The summed E-state index contributed by atoms with van der Waals surface area (Å²) in [5, 5.41) is 3.81. The second-order valence-electron chi connectivity index (χ2n) is 3.66. The molecule has 4 nitrogen and oxygen atoms in total. The summed E-state index contributed by atoms with van der Waals surface area (Å²) < 4.78 is 1.19. The van der Waals surface area contributed by atoms with Crippen LogP contribution >= 0.6 is 0 Å². The highest BCUT2D eigenvalue weighted by atomic mass is 16.1. The molecule has 0 spiro atoms. The third-order valence-electron chi connectivity index (χ3n) is 1.75. The Morgan fingerprint density at radius 1 is 1.57 bits per heavy atom. The van der Waals surface area contributed by atoms with Gasteiger partial charge in [0, 0.05) is 18.7 Å². The predicted molar refractivity (Wildman–Crippen MR) is 53.0 cm³/mol. The number of ketones is 1. The Labute approximate surface area is 82.6 Å². The molecule has 0 radical (unpaired) electrons. The Hall–Kier alpha value is -1.45. The van der Waals surface area contributed by atoms with E-state index in [1.165, 1.54) is 16.9 Å². The predicted octanol–water partition coefficient (Wildman–Crippen LogP) is 0.858. The Balaban J connectivity index is 2.65. The third kappa shape index (κ3) is 3.12. The molecule has 0 atom stereocenters. The lowest BCUT2D eigenvalue weighted by atomic mass is 10.1. The highest BCUT2D eigenvalue weighted by molar-refractivity contribution is 5.78. The molecule has 0 aliphatic rings. The molecule has 1 aromatic rings. The van der Waals surface area contributed by atoms with E-state index in [-0.39, 0.29) is 17.9 Å². The number of Topliss-reactive ketones (excluding diaryl/α,β-unsaturated/α-hetero) is 1. The van der Waals surface area contributed by atoms with Gasteiger partial charge in [-0.25, -0.2) is 4.68 Å². The normalized spacial score (nSPS) is 10.5. The maximum absolute atomic E-state index is 11.4. The van der Waals surface area contributed by atoms with Crippen LogP contribution in [0.25, 0.3) is 0 Å². The average Bonchev–Trinajstić information content (AvgIpc) is 2.07. The summed E-state index contributed by atoms with van der Waals surface area (Å²) in [6, 6.07) is 2.96. The van der Waals surface area contributed by atoms with Crippen LogP contribution in [0.2, 0.25) is 0 Å². The van der Waals surface area contributed by atoms with Crippen LogP contribution in [0.3, 0.4) is 0 Å². The zero-order valence-corrected chi connectivity index (χ0v) is 8.43. The lowest BCUT2D eigenvalue weighted by Crippen LogP contribution is -2.25. The number of hydrogen-bond donors (Lipinski definition) is 0. The summed E-state index contributed by atoms with van der Waals surface area (Å²) in [4.78, 5) is 22.6. The van der Waals surface area contributed by atoms with E-state index in [2.05, 4.69) is 5.10 Å². The van der Waals surface area contributed by atoms with Gasteiger partial charge in [-0.3, -0.25) is 9.59 Å². The van der Waals surface area contributed by atoms with Crippen LogP contribution in [0.4, 0.5) is 0 Å². The zero-order valence-electron chi connectivity index (χ0n) is 8.43. The van der Waals surface area contributed by atoms with Crippen molar-refractivity contribution in [3.63, 3.8) is 0 Å². The van der Waals surface area contributed by atoms with E-state index in [9.17, 15) is 9.59 Å². The van der Waals surface area contributed by atoms with Crippen LogP contribution in [0.1, 0.15) is 20.3 Å². The number of carbonyl (C=O) groups excluding carboxylic acids is 1. The molecule has 0 saturated carbocycles. The van der Waals surface area contributed by atoms with Gasteiger partial charge in [0.1, 0.15) is 6.54 Å². The van der Waals surface area contributed by atoms with Crippen LogP contribution < -0.4 is 5.56 Å². The zero-order chi connectivity index (χ0) is 10.6. The number of hydrogen-bond acceptors (Lipinski definition) is 3. The van der Waals surface area contributed by atoms with Crippen molar-refractivity contribution in [3.05, 3.63) is 28.7 Å². The van der Waals surface area contributed by atoms with Crippen molar-refractivity contribution in [2.45, 2.75) is 26.8 Å². The molecular weight excluding hydrogens is 180 g/mol. The topological polar surface area (TPSA) is 52.0 Å². The summed E-state index contributed by atoms with van der Waals surface area (Å²) in [7, 11) is 0. The summed E-state index contributed by atoms with van der Waals surface area (Å²) in [5.74, 6) is 0.364. The highest BCUT2D eigenvalue weighted by Crippen LogP contribution is 2.00. The minimum Gasteiger partial charge on any atom is -0.298 e. The fourth-order valence-electron chi connectivity index (χ4n) is 1.19. The van der Waals surface area contributed by atoms with E-state index < -0.39 is 0 Å². The van der Waals surface area contributed by atoms with Gasteiger partial charge in [-0.15, -0.1) is 0 Å². The minimum atomic E-state index is -0.232. The van der Waals surface area contributed by atoms with Gasteiger partial charge in [-0.1, -0.05) is 13.8 Å². The molecule has 1 heterocycles. The maximum Gasteiger partial charge on any atom is 0.267 e. The Bertz CT molecular complexity index is 368. The first kappa shape index (κ1) is 10.6. The lowest BCUT2D eigenvalue weighted by molar-refractivity contribution is -0.120. The van der Waals surface area contributed by atoms with Gasteiger partial charge < -0.3 is 0 Å². The molecule has 0 bridgehead atoms.